The molecule has 4 heteroatoms. The molecule has 2 atom stereocenters. The molecular formula is C22H29N3O. The van der Waals surface area contributed by atoms with Crippen LogP contribution in [0.25, 0.3) is 0 Å². The van der Waals surface area contributed by atoms with Crippen LogP contribution in [0.4, 0.5) is 0 Å². The van der Waals surface area contributed by atoms with Crippen LogP contribution < -0.4 is 4.74 Å². The zero-order valence-corrected chi connectivity index (χ0v) is 16.2. The van der Waals surface area contributed by atoms with Gasteiger partial charge in [0.25, 0.3) is 0 Å². The van der Waals surface area contributed by atoms with Crippen LogP contribution in [0.15, 0.2) is 24.4 Å². The van der Waals surface area contributed by atoms with Crippen LogP contribution >= 0.6 is 0 Å². The number of fused-ring (bicyclic) bond motifs is 1. The Morgan fingerprint density at radius 1 is 1.23 bits per heavy atom. The van der Waals surface area contributed by atoms with E-state index in [9.17, 15) is 0 Å². The summed E-state index contributed by atoms with van der Waals surface area (Å²) in [5.41, 5.74) is 6.09. The summed E-state index contributed by atoms with van der Waals surface area (Å²) in [5.74, 6) is 1.72. The summed E-state index contributed by atoms with van der Waals surface area (Å²) in [5, 5.41) is 0. The van der Waals surface area contributed by atoms with Gasteiger partial charge in [0, 0.05) is 30.2 Å². The van der Waals surface area contributed by atoms with Gasteiger partial charge in [-0.25, -0.2) is 0 Å². The number of pyridine rings is 2. The Morgan fingerprint density at radius 2 is 2.04 bits per heavy atom. The Labute approximate surface area is 156 Å². The van der Waals surface area contributed by atoms with Crippen molar-refractivity contribution in [2.24, 2.45) is 5.92 Å². The van der Waals surface area contributed by atoms with Gasteiger partial charge in [-0.15, -0.1) is 0 Å². The number of hydrogen-bond acceptors (Lipinski definition) is 4. The Balaban J connectivity index is 1.41. The maximum absolute atomic E-state index is 5.81. The molecule has 0 bridgehead atoms. The van der Waals surface area contributed by atoms with E-state index in [0.717, 1.165) is 67.7 Å². The fraction of sp³-hybridized carbons (Fsp3) is 0.545. The number of ether oxygens (including phenoxy) is 1. The van der Waals surface area contributed by atoms with Gasteiger partial charge < -0.3 is 4.74 Å². The minimum Gasteiger partial charge on any atom is -0.492 e. The largest absolute Gasteiger partial charge is 0.492 e. The molecule has 4 heterocycles. The van der Waals surface area contributed by atoms with Crippen LogP contribution in [0.3, 0.4) is 0 Å². The van der Waals surface area contributed by atoms with E-state index in [-0.39, 0.29) is 0 Å². The highest BCUT2D eigenvalue weighted by Crippen LogP contribution is 2.32. The van der Waals surface area contributed by atoms with Crippen molar-refractivity contribution in [1.29, 1.82) is 0 Å². The topological polar surface area (TPSA) is 38.2 Å². The molecule has 0 N–H and O–H groups in total. The number of aryl methyl sites for hydroxylation is 3. The number of likely N-dealkylation sites (tertiary alicyclic amines) is 1. The van der Waals surface area contributed by atoms with Crippen molar-refractivity contribution < 1.29 is 4.74 Å². The Kier molecular flexibility index (Phi) is 4.94. The minimum absolute atomic E-state index is 0.393. The SMILES string of the molecule is Cc1cc(C[C@H]2CCN(C(C)c3cnc4c(c3)OCCC4)C2)cc(C)n1. The molecular weight excluding hydrogens is 322 g/mol. The van der Waals surface area contributed by atoms with Crippen molar-refractivity contribution >= 4 is 0 Å². The molecule has 0 aromatic carbocycles. The molecule has 1 saturated heterocycles. The van der Waals surface area contributed by atoms with Crippen LogP contribution in [0, 0.1) is 19.8 Å². The first kappa shape index (κ1) is 17.5. The van der Waals surface area contributed by atoms with Gasteiger partial charge in [-0.1, -0.05) is 0 Å². The number of nitrogens with zero attached hydrogens (tertiary/aromatic N) is 3. The van der Waals surface area contributed by atoms with Gasteiger partial charge in [0.1, 0.15) is 5.75 Å². The zero-order chi connectivity index (χ0) is 18.1. The second kappa shape index (κ2) is 7.36. The zero-order valence-electron chi connectivity index (χ0n) is 16.2. The fourth-order valence-corrected chi connectivity index (χ4v) is 4.41. The van der Waals surface area contributed by atoms with E-state index in [1.54, 1.807) is 0 Å². The number of hydrogen-bond donors (Lipinski definition) is 0. The van der Waals surface area contributed by atoms with Gasteiger partial charge >= 0.3 is 0 Å². The van der Waals surface area contributed by atoms with E-state index in [0.29, 0.717) is 6.04 Å². The van der Waals surface area contributed by atoms with E-state index in [1.165, 1.54) is 17.5 Å². The predicted molar refractivity (Wildman–Crippen MR) is 104 cm³/mol. The maximum atomic E-state index is 5.81. The quantitative estimate of drug-likeness (QED) is 0.833. The number of rotatable bonds is 4. The molecule has 2 aliphatic heterocycles. The summed E-state index contributed by atoms with van der Waals surface area (Å²) < 4.78 is 5.81. The smallest absolute Gasteiger partial charge is 0.141 e. The van der Waals surface area contributed by atoms with Crippen molar-refractivity contribution in [3.63, 3.8) is 0 Å². The van der Waals surface area contributed by atoms with Crippen LogP contribution in [0.1, 0.15) is 54.0 Å². The van der Waals surface area contributed by atoms with Gasteiger partial charge in [-0.3, -0.25) is 14.9 Å². The van der Waals surface area contributed by atoms with Crippen molar-refractivity contribution in [2.45, 2.75) is 52.5 Å². The standard InChI is InChI=1S/C22H29N3O/c1-15-9-19(10-16(2)24-15)11-18-6-7-25(14-18)17(3)20-12-22-21(23-13-20)5-4-8-26-22/h9-10,12-13,17-18H,4-8,11,14H2,1-3H3/t17?,18-/m1/s1. The molecule has 0 radical (unpaired) electrons. The Bertz CT molecular complexity index is 769. The van der Waals surface area contributed by atoms with Gasteiger partial charge in [0.2, 0.25) is 0 Å². The normalized spacial score (nSPS) is 21.3. The lowest BCUT2D eigenvalue weighted by Crippen LogP contribution is -2.25. The predicted octanol–water partition coefficient (Wildman–Crippen LogP) is 4.04. The highest BCUT2D eigenvalue weighted by molar-refractivity contribution is 5.34. The molecule has 4 rings (SSSR count). The number of aromatic nitrogens is 2. The van der Waals surface area contributed by atoms with Crippen LogP contribution in [-0.2, 0) is 12.8 Å². The summed E-state index contributed by atoms with van der Waals surface area (Å²) in [6, 6.07) is 7.09. The molecule has 4 nitrogen and oxygen atoms in total. The van der Waals surface area contributed by atoms with Crippen molar-refractivity contribution in [1.82, 2.24) is 14.9 Å². The lowest BCUT2D eigenvalue weighted by Gasteiger charge is -2.26. The summed E-state index contributed by atoms with van der Waals surface area (Å²) in [6.07, 6.45) is 6.59. The average molecular weight is 351 g/mol. The average Bonchev–Trinajstić information content (AvgIpc) is 3.08. The lowest BCUT2D eigenvalue weighted by molar-refractivity contribution is 0.248. The molecule has 0 aliphatic carbocycles. The van der Waals surface area contributed by atoms with E-state index < -0.39 is 0 Å². The van der Waals surface area contributed by atoms with Crippen molar-refractivity contribution in [3.05, 3.63) is 52.6 Å². The van der Waals surface area contributed by atoms with Crippen LogP contribution in [-0.4, -0.2) is 34.6 Å². The third-order valence-corrected chi connectivity index (χ3v) is 5.78. The Morgan fingerprint density at radius 3 is 2.85 bits per heavy atom. The molecule has 0 saturated carbocycles. The van der Waals surface area contributed by atoms with Gasteiger partial charge in [0.05, 0.1) is 12.3 Å². The van der Waals surface area contributed by atoms with E-state index >= 15 is 0 Å². The first-order valence-corrected chi connectivity index (χ1v) is 9.88. The van der Waals surface area contributed by atoms with Crippen molar-refractivity contribution in [3.8, 4) is 5.75 Å². The van der Waals surface area contributed by atoms with Crippen LogP contribution in [0.2, 0.25) is 0 Å². The van der Waals surface area contributed by atoms with E-state index in [1.807, 2.05) is 0 Å². The molecule has 138 valence electrons. The van der Waals surface area contributed by atoms with E-state index in [2.05, 4.69) is 60.0 Å². The second-order valence-electron chi connectivity index (χ2n) is 7.95. The first-order valence-electron chi connectivity index (χ1n) is 9.88. The lowest BCUT2D eigenvalue weighted by atomic mass is 9.98. The fourth-order valence-electron chi connectivity index (χ4n) is 4.41. The van der Waals surface area contributed by atoms with Gasteiger partial charge in [-0.2, -0.15) is 0 Å². The summed E-state index contributed by atoms with van der Waals surface area (Å²) >= 11 is 0. The highest BCUT2D eigenvalue weighted by Gasteiger charge is 2.28. The molecule has 2 aliphatic rings. The molecule has 2 aromatic rings. The molecule has 1 unspecified atom stereocenters. The van der Waals surface area contributed by atoms with Crippen LogP contribution in [0.5, 0.6) is 5.75 Å². The molecule has 1 fully saturated rings. The van der Waals surface area contributed by atoms with Gasteiger partial charge in [0.15, 0.2) is 0 Å². The highest BCUT2D eigenvalue weighted by atomic mass is 16.5. The summed E-state index contributed by atoms with van der Waals surface area (Å²) in [4.78, 5) is 11.8. The Hall–Kier alpha value is -1.94. The van der Waals surface area contributed by atoms with Crippen molar-refractivity contribution in [2.75, 3.05) is 19.7 Å². The summed E-state index contributed by atoms with van der Waals surface area (Å²) in [6.45, 7) is 9.61. The summed E-state index contributed by atoms with van der Waals surface area (Å²) in [7, 11) is 0. The minimum atomic E-state index is 0.393. The van der Waals surface area contributed by atoms with E-state index in [4.69, 9.17) is 4.74 Å². The third-order valence-electron chi connectivity index (χ3n) is 5.78. The molecule has 0 amide bonds. The first-order chi connectivity index (χ1) is 12.6. The van der Waals surface area contributed by atoms with Gasteiger partial charge in [-0.05, 0) is 88.2 Å². The molecule has 0 spiro atoms. The maximum Gasteiger partial charge on any atom is 0.141 e. The second-order valence-corrected chi connectivity index (χ2v) is 7.95. The molecule has 2 aromatic heterocycles. The third kappa shape index (κ3) is 3.75. The monoisotopic (exact) mass is 351 g/mol. The molecule has 26 heavy (non-hydrogen) atoms.